The molecule has 0 saturated carbocycles. The third kappa shape index (κ3) is 3.82. The van der Waals surface area contributed by atoms with Gasteiger partial charge in [0.25, 0.3) is 0 Å². The van der Waals surface area contributed by atoms with Gasteiger partial charge in [-0.1, -0.05) is 6.07 Å². The van der Waals surface area contributed by atoms with Crippen molar-refractivity contribution in [2.75, 3.05) is 51.5 Å². The standard InChI is InChI=1S/C17H25N3O3/c1-22-12-9-19-7-8-20(13-15-3-2-6-18-16(15)19)17(21)14-4-10-23-11-5-14/h2-3,6,14H,4-5,7-13H2,1H3. The molecule has 1 fully saturated rings. The van der Waals surface area contributed by atoms with E-state index in [-0.39, 0.29) is 11.8 Å². The van der Waals surface area contributed by atoms with Crippen molar-refractivity contribution in [2.24, 2.45) is 5.92 Å². The molecule has 0 N–H and O–H groups in total. The minimum atomic E-state index is 0.106. The van der Waals surface area contributed by atoms with Crippen molar-refractivity contribution in [3.63, 3.8) is 0 Å². The second-order valence-electron chi connectivity index (χ2n) is 6.11. The Labute approximate surface area is 137 Å². The van der Waals surface area contributed by atoms with E-state index in [0.717, 1.165) is 43.9 Å². The molecule has 0 aliphatic carbocycles. The van der Waals surface area contributed by atoms with Gasteiger partial charge < -0.3 is 19.3 Å². The molecule has 1 aromatic heterocycles. The second-order valence-corrected chi connectivity index (χ2v) is 6.11. The number of pyridine rings is 1. The summed E-state index contributed by atoms with van der Waals surface area (Å²) in [7, 11) is 1.71. The van der Waals surface area contributed by atoms with Crippen LogP contribution < -0.4 is 4.90 Å². The Kier molecular flexibility index (Phi) is 5.46. The molecule has 0 unspecified atom stereocenters. The van der Waals surface area contributed by atoms with E-state index in [0.29, 0.717) is 26.4 Å². The predicted octanol–water partition coefficient (Wildman–Crippen LogP) is 1.30. The van der Waals surface area contributed by atoms with Gasteiger partial charge in [0.2, 0.25) is 5.91 Å². The highest BCUT2D eigenvalue weighted by atomic mass is 16.5. The van der Waals surface area contributed by atoms with Crippen molar-refractivity contribution in [2.45, 2.75) is 19.4 Å². The van der Waals surface area contributed by atoms with E-state index < -0.39 is 0 Å². The molecule has 1 aromatic rings. The maximum absolute atomic E-state index is 12.8. The molecule has 126 valence electrons. The maximum Gasteiger partial charge on any atom is 0.226 e. The van der Waals surface area contributed by atoms with Crippen LogP contribution in [0.1, 0.15) is 18.4 Å². The molecule has 6 heteroatoms. The number of hydrogen-bond donors (Lipinski definition) is 0. The van der Waals surface area contributed by atoms with Crippen molar-refractivity contribution in [1.29, 1.82) is 0 Å². The van der Waals surface area contributed by atoms with E-state index in [4.69, 9.17) is 9.47 Å². The van der Waals surface area contributed by atoms with Gasteiger partial charge >= 0.3 is 0 Å². The number of anilines is 1. The minimum Gasteiger partial charge on any atom is -0.383 e. The summed E-state index contributed by atoms with van der Waals surface area (Å²) in [5, 5.41) is 0. The number of aromatic nitrogens is 1. The average molecular weight is 319 g/mol. The fraction of sp³-hybridized carbons (Fsp3) is 0.647. The van der Waals surface area contributed by atoms with Crippen LogP contribution in [0.25, 0.3) is 0 Å². The lowest BCUT2D eigenvalue weighted by Gasteiger charge is -2.28. The Hall–Kier alpha value is -1.66. The number of methoxy groups -OCH3 is 1. The van der Waals surface area contributed by atoms with E-state index in [2.05, 4.69) is 16.0 Å². The zero-order valence-electron chi connectivity index (χ0n) is 13.7. The molecule has 2 aliphatic heterocycles. The van der Waals surface area contributed by atoms with Crippen LogP contribution in [0.3, 0.4) is 0 Å². The third-order valence-electron chi connectivity index (χ3n) is 4.62. The fourth-order valence-electron chi connectivity index (χ4n) is 3.28. The van der Waals surface area contributed by atoms with Gasteiger partial charge in [-0.2, -0.15) is 0 Å². The lowest BCUT2D eigenvalue weighted by molar-refractivity contribution is -0.139. The fourth-order valence-corrected chi connectivity index (χ4v) is 3.28. The first-order valence-corrected chi connectivity index (χ1v) is 8.34. The zero-order chi connectivity index (χ0) is 16.1. The van der Waals surface area contributed by atoms with E-state index in [1.54, 1.807) is 7.11 Å². The number of nitrogens with zero attached hydrogens (tertiary/aromatic N) is 3. The van der Waals surface area contributed by atoms with Crippen molar-refractivity contribution in [3.8, 4) is 0 Å². The first kappa shape index (κ1) is 16.2. The number of ether oxygens (including phenoxy) is 2. The van der Waals surface area contributed by atoms with E-state index in [1.807, 2.05) is 17.2 Å². The summed E-state index contributed by atoms with van der Waals surface area (Å²) >= 11 is 0. The van der Waals surface area contributed by atoms with Crippen LogP contribution in [0.2, 0.25) is 0 Å². The first-order valence-electron chi connectivity index (χ1n) is 8.34. The molecule has 1 saturated heterocycles. The van der Waals surface area contributed by atoms with Crippen molar-refractivity contribution in [3.05, 3.63) is 23.9 Å². The van der Waals surface area contributed by atoms with Crippen LogP contribution in [-0.2, 0) is 20.8 Å². The molecule has 0 bridgehead atoms. The quantitative estimate of drug-likeness (QED) is 0.837. The highest BCUT2D eigenvalue weighted by Crippen LogP contribution is 2.25. The molecule has 1 amide bonds. The molecular formula is C17H25N3O3. The number of carbonyl (C=O) groups is 1. The van der Waals surface area contributed by atoms with Gasteiger partial charge in [-0.3, -0.25) is 4.79 Å². The Morgan fingerprint density at radius 1 is 1.39 bits per heavy atom. The molecule has 0 atom stereocenters. The molecule has 2 aliphatic rings. The highest BCUT2D eigenvalue weighted by molar-refractivity contribution is 5.79. The average Bonchev–Trinajstić information content (AvgIpc) is 2.79. The van der Waals surface area contributed by atoms with E-state index >= 15 is 0 Å². The van der Waals surface area contributed by atoms with Gasteiger partial charge in [0, 0.05) is 64.2 Å². The van der Waals surface area contributed by atoms with Gasteiger partial charge in [0.1, 0.15) is 5.82 Å². The monoisotopic (exact) mass is 319 g/mol. The Morgan fingerprint density at radius 3 is 3.00 bits per heavy atom. The summed E-state index contributed by atoms with van der Waals surface area (Å²) in [5.41, 5.74) is 1.11. The van der Waals surface area contributed by atoms with Gasteiger partial charge in [-0.25, -0.2) is 4.98 Å². The number of amides is 1. The van der Waals surface area contributed by atoms with Gasteiger partial charge in [-0.15, -0.1) is 0 Å². The van der Waals surface area contributed by atoms with Crippen LogP contribution in [-0.4, -0.2) is 62.4 Å². The summed E-state index contributed by atoms with van der Waals surface area (Å²) in [4.78, 5) is 21.6. The maximum atomic E-state index is 12.8. The third-order valence-corrected chi connectivity index (χ3v) is 4.62. The molecule has 3 rings (SSSR count). The Balaban J connectivity index is 1.75. The molecule has 6 nitrogen and oxygen atoms in total. The van der Waals surface area contributed by atoms with Gasteiger partial charge in [0.05, 0.1) is 6.61 Å². The van der Waals surface area contributed by atoms with Gasteiger partial charge in [-0.05, 0) is 18.9 Å². The molecule has 0 spiro atoms. The lowest BCUT2D eigenvalue weighted by atomic mass is 9.98. The highest BCUT2D eigenvalue weighted by Gasteiger charge is 2.29. The van der Waals surface area contributed by atoms with Gasteiger partial charge in [0.15, 0.2) is 0 Å². The zero-order valence-corrected chi connectivity index (χ0v) is 13.7. The summed E-state index contributed by atoms with van der Waals surface area (Å²) < 4.78 is 10.6. The summed E-state index contributed by atoms with van der Waals surface area (Å²) in [6.07, 6.45) is 3.49. The number of hydrogen-bond acceptors (Lipinski definition) is 5. The second kappa shape index (κ2) is 7.75. The smallest absolute Gasteiger partial charge is 0.226 e. The van der Waals surface area contributed by atoms with Crippen molar-refractivity contribution >= 4 is 11.7 Å². The molecule has 3 heterocycles. The van der Waals surface area contributed by atoms with Crippen LogP contribution in [0.5, 0.6) is 0 Å². The molecular weight excluding hydrogens is 294 g/mol. The first-order chi connectivity index (χ1) is 11.3. The largest absolute Gasteiger partial charge is 0.383 e. The van der Waals surface area contributed by atoms with E-state index in [1.165, 1.54) is 0 Å². The Bertz CT molecular complexity index is 532. The number of rotatable bonds is 4. The predicted molar refractivity (Wildman–Crippen MR) is 87.3 cm³/mol. The SMILES string of the molecule is COCCN1CCN(C(=O)C2CCOCC2)Cc2cccnc21. The van der Waals surface area contributed by atoms with E-state index in [9.17, 15) is 4.79 Å². The minimum absolute atomic E-state index is 0.106. The van der Waals surface area contributed by atoms with Crippen molar-refractivity contribution in [1.82, 2.24) is 9.88 Å². The number of fused-ring (bicyclic) bond motifs is 1. The van der Waals surface area contributed by atoms with Crippen molar-refractivity contribution < 1.29 is 14.3 Å². The summed E-state index contributed by atoms with van der Waals surface area (Å²) in [6, 6.07) is 4.01. The summed E-state index contributed by atoms with van der Waals surface area (Å²) in [5.74, 6) is 1.35. The molecule has 23 heavy (non-hydrogen) atoms. The van der Waals surface area contributed by atoms with Crippen LogP contribution in [0.15, 0.2) is 18.3 Å². The van der Waals surface area contributed by atoms with Crippen LogP contribution in [0.4, 0.5) is 5.82 Å². The lowest BCUT2D eigenvalue weighted by Crippen LogP contribution is -2.41. The van der Waals surface area contributed by atoms with Crippen LogP contribution in [0, 0.1) is 5.92 Å². The molecule has 0 radical (unpaired) electrons. The summed E-state index contributed by atoms with van der Waals surface area (Å²) in [6.45, 7) is 5.01. The topological polar surface area (TPSA) is 54.9 Å². The number of carbonyl (C=O) groups excluding carboxylic acids is 1. The van der Waals surface area contributed by atoms with Crippen LogP contribution >= 0.6 is 0 Å². The Morgan fingerprint density at radius 2 is 2.22 bits per heavy atom. The normalized spacial score (nSPS) is 19.3. The molecule has 0 aromatic carbocycles.